The molecule has 1 aromatic heterocycles. The Morgan fingerprint density at radius 1 is 0.795 bits per heavy atom. The molecule has 0 aliphatic carbocycles. The Morgan fingerprint density at radius 3 is 2.00 bits per heavy atom. The zero-order valence-corrected chi connectivity index (χ0v) is 27.3. The first-order valence-electron chi connectivity index (χ1n) is 15.0. The second-order valence-corrected chi connectivity index (χ2v) is 17.4. The molecule has 0 spiro atoms. The second kappa shape index (κ2) is 13.9. The third-order valence-corrected chi connectivity index (χ3v) is 14.1. The summed E-state index contributed by atoms with van der Waals surface area (Å²) in [5.41, 5.74) is 5.01. The van der Waals surface area contributed by atoms with E-state index < -0.39 is 20.5 Å². The molecule has 4 aromatic carbocycles. The van der Waals surface area contributed by atoms with Crippen molar-refractivity contribution in [3.63, 3.8) is 0 Å². The fraction of sp³-hybridized carbons (Fsp3) is 0.237. The van der Waals surface area contributed by atoms with Crippen LogP contribution in [0.2, 0.25) is 5.04 Å². The van der Waals surface area contributed by atoms with Crippen molar-refractivity contribution in [2.75, 3.05) is 6.61 Å². The molecule has 5 aromatic rings. The highest BCUT2D eigenvalue weighted by Crippen LogP contribution is 2.38. The highest BCUT2D eigenvalue weighted by molar-refractivity contribution is 7.10. The number of rotatable bonds is 11. The van der Waals surface area contributed by atoms with Gasteiger partial charge in [-0.3, -0.25) is 0 Å². The molecule has 4 nitrogen and oxygen atoms in total. The zero-order valence-electron chi connectivity index (χ0n) is 25.5. The van der Waals surface area contributed by atoms with Gasteiger partial charge >= 0.3 is 0 Å². The van der Waals surface area contributed by atoms with E-state index in [1.165, 1.54) is 21.7 Å². The van der Waals surface area contributed by atoms with Crippen LogP contribution in [-0.2, 0) is 4.43 Å². The van der Waals surface area contributed by atoms with Crippen LogP contribution in [0.15, 0.2) is 132 Å². The molecule has 0 saturated heterocycles. The maximum absolute atomic E-state index is 11.2. The quantitative estimate of drug-likeness (QED) is 0.104. The van der Waals surface area contributed by atoms with E-state index in [4.69, 9.17) is 4.43 Å². The third-order valence-electron chi connectivity index (χ3n) is 8.13. The van der Waals surface area contributed by atoms with Crippen LogP contribution >= 0.6 is 11.3 Å². The Bertz CT molecular complexity index is 1680. The van der Waals surface area contributed by atoms with Crippen molar-refractivity contribution in [3.8, 4) is 5.75 Å². The van der Waals surface area contributed by atoms with Crippen molar-refractivity contribution < 1.29 is 19.7 Å². The number of hydrogen-bond acceptors (Lipinski definition) is 5. The van der Waals surface area contributed by atoms with Crippen LogP contribution in [0, 0.1) is 0 Å². The molecule has 44 heavy (non-hydrogen) atoms. The van der Waals surface area contributed by atoms with E-state index in [0.717, 1.165) is 21.4 Å². The normalized spacial score (nSPS) is 13.3. The molecule has 0 saturated carbocycles. The summed E-state index contributed by atoms with van der Waals surface area (Å²) in [6, 6.07) is 35.8. The van der Waals surface area contributed by atoms with Gasteiger partial charge in [0, 0.05) is 23.1 Å². The van der Waals surface area contributed by atoms with Gasteiger partial charge in [0.1, 0.15) is 5.75 Å². The highest BCUT2D eigenvalue weighted by Gasteiger charge is 2.50. The number of fused-ring (bicyclic) bond motifs is 1. The van der Waals surface area contributed by atoms with Crippen LogP contribution in [0.25, 0.3) is 10.8 Å². The fourth-order valence-electron chi connectivity index (χ4n) is 5.97. The van der Waals surface area contributed by atoms with Crippen LogP contribution in [0.3, 0.4) is 0 Å². The topological polar surface area (TPSA) is 69.9 Å². The average molecular weight is 621 g/mol. The Kier molecular flexibility index (Phi) is 10.0. The first kappa shape index (κ1) is 31.7. The van der Waals surface area contributed by atoms with Crippen molar-refractivity contribution in [1.29, 1.82) is 0 Å². The molecule has 3 N–H and O–H groups in total. The number of aliphatic hydroxyl groups is 2. The van der Waals surface area contributed by atoms with Crippen LogP contribution in [0.1, 0.15) is 56.3 Å². The third kappa shape index (κ3) is 6.82. The summed E-state index contributed by atoms with van der Waals surface area (Å²) in [5.74, 6) is 0.192. The van der Waals surface area contributed by atoms with Gasteiger partial charge in [-0.15, -0.1) is 17.1 Å². The predicted octanol–water partition coefficient (Wildman–Crippen LogP) is 7.81. The standard InChI is InChI=1S/C38H40O4SSi/c1-38(2,3)44(29-15-6-4-7-16-29,30-17-8-5-9-18-30)42-27-28(26-36(41)37-22-13-25-43-37)14-12-21-34(39)33-23-24-35(40)32-20-11-10-19-31(32)33/h4-13,15-20,22-25,34,36,39-41H,21,26-27H2,1-3H3/t14?,34-,36-/m1/s1. The van der Waals surface area contributed by atoms with Gasteiger partial charge in [0.2, 0.25) is 0 Å². The average Bonchev–Trinajstić information content (AvgIpc) is 3.57. The summed E-state index contributed by atoms with van der Waals surface area (Å²) in [7, 11) is -2.81. The lowest BCUT2D eigenvalue weighted by Crippen LogP contribution is -2.66. The van der Waals surface area contributed by atoms with Gasteiger partial charge in [0.05, 0.1) is 18.8 Å². The van der Waals surface area contributed by atoms with Gasteiger partial charge in [0.15, 0.2) is 0 Å². The van der Waals surface area contributed by atoms with E-state index in [-0.39, 0.29) is 10.8 Å². The summed E-state index contributed by atoms with van der Waals surface area (Å²) >= 11 is 1.53. The number of benzene rings is 4. The minimum atomic E-state index is -2.81. The van der Waals surface area contributed by atoms with Gasteiger partial charge in [-0.2, -0.15) is 0 Å². The Morgan fingerprint density at radius 2 is 1.41 bits per heavy atom. The smallest absolute Gasteiger partial charge is 0.261 e. The predicted molar refractivity (Wildman–Crippen MR) is 184 cm³/mol. The van der Waals surface area contributed by atoms with Gasteiger partial charge in [-0.05, 0) is 55.5 Å². The monoisotopic (exact) mass is 620 g/mol. The summed E-state index contributed by atoms with van der Waals surface area (Å²) < 4.78 is 7.18. The van der Waals surface area contributed by atoms with Crippen LogP contribution < -0.4 is 10.4 Å². The summed E-state index contributed by atoms with van der Waals surface area (Å²) in [4.78, 5) is 0.894. The second-order valence-electron chi connectivity index (χ2n) is 12.1. The van der Waals surface area contributed by atoms with Gasteiger partial charge in [0.25, 0.3) is 8.32 Å². The molecule has 2 atom stereocenters. The molecule has 5 rings (SSSR count). The maximum atomic E-state index is 11.2. The first-order valence-corrected chi connectivity index (χ1v) is 17.8. The van der Waals surface area contributed by atoms with Crippen LogP contribution in [-0.4, -0.2) is 30.2 Å². The molecule has 6 heteroatoms. The molecule has 0 bridgehead atoms. The Balaban J connectivity index is 1.50. The summed E-state index contributed by atoms with van der Waals surface area (Å²) in [5, 5.41) is 38.3. The Hall–Kier alpha value is -3.74. The van der Waals surface area contributed by atoms with E-state index in [2.05, 4.69) is 75.0 Å². The fourth-order valence-corrected chi connectivity index (χ4v) is 11.2. The molecule has 1 heterocycles. The van der Waals surface area contributed by atoms with E-state index in [0.29, 0.717) is 24.8 Å². The molecule has 0 fully saturated rings. The Labute approximate surface area is 265 Å². The summed E-state index contributed by atoms with van der Waals surface area (Å²) in [6.45, 7) is 7.04. The number of aliphatic hydroxyl groups excluding tert-OH is 2. The SMILES string of the molecule is CC(C)(C)[Si](OCC(=C=CC[C@@H](O)c1ccc(O)c2ccccc12)C[C@@H](O)c1cccs1)(c1ccccc1)c1ccccc1. The minimum Gasteiger partial charge on any atom is -0.507 e. The number of thiophene rings is 1. The molecule has 226 valence electrons. The largest absolute Gasteiger partial charge is 0.507 e. The lowest BCUT2D eigenvalue weighted by Gasteiger charge is -2.43. The lowest BCUT2D eigenvalue weighted by atomic mass is 9.98. The first-order chi connectivity index (χ1) is 21.2. The number of aromatic hydroxyl groups is 1. The number of hydrogen-bond donors (Lipinski definition) is 3. The molecular weight excluding hydrogens is 581 g/mol. The van der Waals surface area contributed by atoms with Crippen LogP contribution in [0.5, 0.6) is 5.75 Å². The van der Waals surface area contributed by atoms with Crippen molar-refractivity contribution in [2.24, 2.45) is 0 Å². The van der Waals surface area contributed by atoms with Crippen molar-refractivity contribution in [1.82, 2.24) is 0 Å². The molecule has 0 radical (unpaired) electrons. The molecule has 0 aliphatic rings. The van der Waals surface area contributed by atoms with Gasteiger partial charge in [-0.1, -0.05) is 118 Å². The van der Waals surface area contributed by atoms with E-state index >= 15 is 0 Å². The number of phenolic OH excluding ortho intramolecular Hbond substituents is 1. The lowest BCUT2D eigenvalue weighted by molar-refractivity contribution is 0.176. The summed E-state index contributed by atoms with van der Waals surface area (Å²) in [6.07, 6.45) is 1.08. The minimum absolute atomic E-state index is 0.187. The van der Waals surface area contributed by atoms with E-state index in [9.17, 15) is 15.3 Å². The maximum Gasteiger partial charge on any atom is 0.261 e. The number of phenols is 1. The van der Waals surface area contributed by atoms with Gasteiger partial charge < -0.3 is 19.7 Å². The van der Waals surface area contributed by atoms with E-state index in [1.54, 1.807) is 12.1 Å². The molecule has 0 unspecified atom stereocenters. The molecule has 0 aliphatic heterocycles. The van der Waals surface area contributed by atoms with E-state index in [1.807, 2.05) is 60.0 Å². The van der Waals surface area contributed by atoms with Gasteiger partial charge in [-0.25, -0.2) is 0 Å². The molecular formula is C38H40O4SSi. The van der Waals surface area contributed by atoms with Crippen molar-refractivity contribution in [3.05, 3.63) is 142 Å². The highest BCUT2D eigenvalue weighted by atomic mass is 32.1. The van der Waals surface area contributed by atoms with Crippen LogP contribution in [0.4, 0.5) is 0 Å². The van der Waals surface area contributed by atoms with Crippen molar-refractivity contribution >= 4 is 40.8 Å². The zero-order chi connectivity index (χ0) is 31.2. The molecule has 0 amide bonds. The van der Waals surface area contributed by atoms with Crippen molar-refractivity contribution in [2.45, 2.75) is 50.9 Å².